The normalized spacial score (nSPS) is 16.8. The fraction of sp³-hybridized carbons (Fsp3) is 0.538. The molecule has 0 heterocycles. The molecule has 98 valence electrons. The van der Waals surface area contributed by atoms with Gasteiger partial charge in [-0.05, 0) is 36.0 Å². The second-order valence-electron chi connectivity index (χ2n) is 4.84. The molecule has 0 atom stereocenters. The molecular formula is C13H18BFO2S. The summed E-state index contributed by atoms with van der Waals surface area (Å²) in [6, 6.07) is 4.31. The van der Waals surface area contributed by atoms with Crippen molar-refractivity contribution in [2.24, 2.45) is 0 Å². The molecule has 1 aliphatic rings. The quantitative estimate of drug-likeness (QED) is 0.821. The predicted octanol–water partition coefficient (Wildman–Crippen LogP) is 2.07. The Morgan fingerprint density at radius 2 is 1.89 bits per heavy atom. The fourth-order valence-electron chi connectivity index (χ4n) is 2.35. The predicted molar refractivity (Wildman–Crippen MR) is 74.4 cm³/mol. The highest BCUT2D eigenvalue weighted by Gasteiger charge is 2.16. The highest BCUT2D eigenvalue weighted by atomic mass is 32.2. The van der Waals surface area contributed by atoms with Gasteiger partial charge in [-0.1, -0.05) is 25.3 Å². The molecule has 1 fully saturated rings. The van der Waals surface area contributed by atoms with Crippen molar-refractivity contribution in [3.05, 3.63) is 29.6 Å². The van der Waals surface area contributed by atoms with Gasteiger partial charge in [0.15, 0.2) is 0 Å². The van der Waals surface area contributed by atoms with Gasteiger partial charge in [0.1, 0.15) is 5.82 Å². The molecule has 2 nitrogen and oxygen atoms in total. The maximum Gasteiger partial charge on any atom is 0.488 e. The molecule has 1 aromatic rings. The standard InChI is InChI=1S/C13H18BFO2S/c15-12-7-10(6-11(8-12)14(16)17)9-18-13-4-2-1-3-5-13/h6-8,13,16-17H,1-5,9H2. The number of rotatable bonds is 4. The lowest BCUT2D eigenvalue weighted by molar-refractivity contribution is 0.425. The van der Waals surface area contributed by atoms with Crippen molar-refractivity contribution >= 4 is 24.3 Å². The largest absolute Gasteiger partial charge is 0.488 e. The molecular weight excluding hydrogens is 250 g/mol. The summed E-state index contributed by atoms with van der Waals surface area (Å²) in [5.74, 6) is 0.335. The monoisotopic (exact) mass is 268 g/mol. The van der Waals surface area contributed by atoms with Crippen molar-refractivity contribution in [1.29, 1.82) is 0 Å². The van der Waals surface area contributed by atoms with E-state index in [9.17, 15) is 4.39 Å². The van der Waals surface area contributed by atoms with Crippen molar-refractivity contribution in [2.75, 3.05) is 0 Å². The third-order valence-electron chi connectivity index (χ3n) is 3.32. The van der Waals surface area contributed by atoms with Crippen LogP contribution >= 0.6 is 11.8 Å². The summed E-state index contributed by atoms with van der Waals surface area (Å²) in [7, 11) is -1.60. The highest BCUT2D eigenvalue weighted by molar-refractivity contribution is 7.99. The van der Waals surface area contributed by atoms with Crippen LogP contribution in [0.2, 0.25) is 0 Å². The average molecular weight is 268 g/mol. The molecule has 1 saturated carbocycles. The number of thioether (sulfide) groups is 1. The SMILES string of the molecule is OB(O)c1cc(F)cc(CSC2CCCCC2)c1. The summed E-state index contributed by atoms with van der Waals surface area (Å²) in [4.78, 5) is 0. The average Bonchev–Trinajstić information content (AvgIpc) is 2.37. The number of benzene rings is 1. The highest BCUT2D eigenvalue weighted by Crippen LogP contribution is 2.30. The van der Waals surface area contributed by atoms with Crippen LogP contribution in [0.15, 0.2) is 18.2 Å². The van der Waals surface area contributed by atoms with Crippen molar-refractivity contribution in [3.8, 4) is 0 Å². The van der Waals surface area contributed by atoms with E-state index in [1.54, 1.807) is 6.07 Å². The first kappa shape index (κ1) is 13.9. The topological polar surface area (TPSA) is 40.5 Å². The molecule has 1 aliphatic carbocycles. The summed E-state index contributed by atoms with van der Waals surface area (Å²) in [6.45, 7) is 0. The number of hydrogen-bond donors (Lipinski definition) is 2. The van der Waals surface area contributed by atoms with E-state index in [1.165, 1.54) is 44.2 Å². The maximum absolute atomic E-state index is 13.3. The van der Waals surface area contributed by atoms with Crippen molar-refractivity contribution in [2.45, 2.75) is 43.1 Å². The molecule has 0 radical (unpaired) electrons. The summed E-state index contributed by atoms with van der Waals surface area (Å²) in [5, 5.41) is 18.8. The molecule has 0 amide bonds. The lowest BCUT2D eigenvalue weighted by Crippen LogP contribution is -2.30. The van der Waals surface area contributed by atoms with Gasteiger partial charge in [-0.25, -0.2) is 4.39 Å². The molecule has 18 heavy (non-hydrogen) atoms. The first-order valence-electron chi connectivity index (χ1n) is 6.42. The summed E-state index contributed by atoms with van der Waals surface area (Å²) >= 11 is 1.85. The molecule has 5 heteroatoms. The van der Waals surface area contributed by atoms with E-state index in [2.05, 4.69) is 0 Å². The van der Waals surface area contributed by atoms with E-state index in [-0.39, 0.29) is 5.46 Å². The Kier molecular flexibility index (Phi) is 5.09. The zero-order chi connectivity index (χ0) is 13.0. The Labute approximate surface area is 112 Å². The van der Waals surface area contributed by atoms with Gasteiger partial charge in [-0.2, -0.15) is 11.8 Å². The van der Waals surface area contributed by atoms with Gasteiger partial charge in [0.2, 0.25) is 0 Å². The summed E-state index contributed by atoms with van der Waals surface area (Å²) < 4.78 is 13.3. The zero-order valence-corrected chi connectivity index (χ0v) is 11.1. The second kappa shape index (κ2) is 6.59. The molecule has 0 saturated heterocycles. The van der Waals surface area contributed by atoms with Gasteiger partial charge in [0, 0.05) is 11.0 Å². The van der Waals surface area contributed by atoms with Gasteiger partial charge >= 0.3 is 7.12 Å². The van der Waals surface area contributed by atoms with Crippen LogP contribution in [-0.2, 0) is 5.75 Å². The van der Waals surface area contributed by atoms with Gasteiger partial charge in [0.05, 0.1) is 0 Å². The van der Waals surface area contributed by atoms with Crippen LogP contribution in [0, 0.1) is 5.82 Å². The third kappa shape index (κ3) is 4.00. The van der Waals surface area contributed by atoms with E-state index >= 15 is 0 Å². The Balaban J connectivity index is 1.95. The van der Waals surface area contributed by atoms with Crippen LogP contribution in [-0.4, -0.2) is 22.4 Å². The number of hydrogen-bond acceptors (Lipinski definition) is 3. The number of halogens is 1. The lowest BCUT2D eigenvalue weighted by atomic mass is 9.79. The Hall–Kier alpha value is -0.515. The van der Waals surface area contributed by atoms with Crippen LogP contribution in [0.1, 0.15) is 37.7 Å². The summed E-state index contributed by atoms with van der Waals surface area (Å²) in [5.41, 5.74) is 1.06. The molecule has 2 N–H and O–H groups in total. The van der Waals surface area contributed by atoms with Crippen LogP contribution in [0.25, 0.3) is 0 Å². The molecule has 1 aromatic carbocycles. The molecule has 2 rings (SSSR count). The van der Waals surface area contributed by atoms with E-state index in [4.69, 9.17) is 10.0 Å². The molecule has 0 spiro atoms. The van der Waals surface area contributed by atoms with E-state index in [0.29, 0.717) is 5.25 Å². The Morgan fingerprint density at radius 3 is 2.56 bits per heavy atom. The first-order valence-corrected chi connectivity index (χ1v) is 7.47. The van der Waals surface area contributed by atoms with Gasteiger partial charge in [-0.3, -0.25) is 0 Å². The lowest BCUT2D eigenvalue weighted by Gasteiger charge is -2.21. The van der Waals surface area contributed by atoms with Gasteiger partial charge < -0.3 is 10.0 Å². The van der Waals surface area contributed by atoms with Gasteiger partial charge in [-0.15, -0.1) is 0 Å². The summed E-state index contributed by atoms with van der Waals surface area (Å²) in [6.07, 6.45) is 6.41. The Morgan fingerprint density at radius 1 is 1.17 bits per heavy atom. The second-order valence-corrected chi connectivity index (χ2v) is 6.13. The smallest absolute Gasteiger partial charge is 0.423 e. The van der Waals surface area contributed by atoms with E-state index < -0.39 is 12.9 Å². The van der Waals surface area contributed by atoms with Crippen LogP contribution in [0.4, 0.5) is 4.39 Å². The van der Waals surface area contributed by atoms with Crippen LogP contribution in [0.3, 0.4) is 0 Å². The Bertz CT molecular complexity index is 395. The molecule has 0 unspecified atom stereocenters. The van der Waals surface area contributed by atoms with Crippen molar-refractivity contribution < 1.29 is 14.4 Å². The minimum Gasteiger partial charge on any atom is -0.423 e. The minimum absolute atomic E-state index is 0.231. The third-order valence-corrected chi connectivity index (χ3v) is 4.76. The molecule has 0 bridgehead atoms. The van der Waals surface area contributed by atoms with Crippen LogP contribution < -0.4 is 5.46 Å². The van der Waals surface area contributed by atoms with Crippen molar-refractivity contribution in [3.63, 3.8) is 0 Å². The van der Waals surface area contributed by atoms with Gasteiger partial charge in [0.25, 0.3) is 0 Å². The maximum atomic E-state index is 13.3. The molecule has 0 aliphatic heterocycles. The first-order chi connectivity index (χ1) is 8.65. The van der Waals surface area contributed by atoms with E-state index in [0.717, 1.165) is 11.3 Å². The van der Waals surface area contributed by atoms with E-state index in [1.807, 2.05) is 11.8 Å². The zero-order valence-electron chi connectivity index (χ0n) is 10.3. The molecule has 0 aromatic heterocycles. The van der Waals surface area contributed by atoms with Crippen molar-refractivity contribution in [1.82, 2.24) is 0 Å². The fourth-order valence-corrected chi connectivity index (χ4v) is 3.62. The van der Waals surface area contributed by atoms with Crippen LogP contribution in [0.5, 0.6) is 0 Å². The minimum atomic E-state index is -1.60.